The van der Waals surface area contributed by atoms with Crippen molar-refractivity contribution < 1.29 is 9.53 Å². The largest absolute Gasteiger partial charge is 0.444 e. The molecule has 0 saturated carbocycles. The lowest BCUT2D eigenvalue weighted by molar-refractivity contribution is 0.0223. The Bertz CT molecular complexity index is 1630. The fraction of sp³-hybridized carbons (Fsp3) is 0.469. The third-order valence-corrected chi connectivity index (χ3v) is 8.04. The molecule has 220 valence electrons. The third kappa shape index (κ3) is 5.94. The van der Waals surface area contributed by atoms with Gasteiger partial charge in [-0.05, 0) is 57.9 Å². The van der Waals surface area contributed by atoms with Gasteiger partial charge in [-0.2, -0.15) is 10.2 Å². The first-order chi connectivity index (χ1) is 20.0. The van der Waals surface area contributed by atoms with Gasteiger partial charge in [0.25, 0.3) is 0 Å². The molecular formula is C32H40N8O2. The highest BCUT2D eigenvalue weighted by Gasteiger charge is 2.27. The summed E-state index contributed by atoms with van der Waals surface area (Å²) in [6.45, 7) is 14.5. The van der Waals surface area contributed by atoms with E-state index >= 15 is 0 Å². The molecule has 6 heterocycles. The van der Waals surface area contributed by atoms with E-state index in [4.69, 9.17) is 19.8 Å². The molecule has 4 aromatic rings. The first-order valence-corrected chi connectivity index (χ1v) is 14.7. The fourth-order valence-corrected chi connectivity index (χ4v) is 5.92. The molecule has 0 atom stereocenters. The smallest absolute Gasteiger partial charge is 0.410 e. The van der Waals surface area contributed by atoms with Crippen molar-refractivity contribution in [2.24, 2.45) is 7.05 Å². The average molecular weight is 569 g/mol. The second-order valence-electron chi connectivity index (χ2n) is 12.5. The number of nitrogens with zero attached hydrogens (tertiary/aromatic N) is 8. The number of carbonyl (C=O) groups is 1. The molecule has 2 aliphatic heterocycles. The molecule has 4 aromatic heterocycles. The number of aromatic nitrogens is 6. The summed E-state index contributed by atoms with van der Waals surface area (Å²) in [6.07, 6.45) is 9.50. The molecule has 0 bridgehead atoms. The van der Waals surface area contributed by atoms with Gasteiger partial charge in [-0.3, -0.25) is 24.2 Å². The lowest BCUT2D eigenvalue weighted by Gasteiger charge is -2.31. The zero-order valence-corrected chi connectivity index (χ0v) is 25.5. The Balaban J connectivity index is 1.12. The van der Waals surface area contributed by atoms with Gasteiger partial charge < -0.3 is 9.64 Å². The van der Waals surface area contributed by atoms with E-state index in [0.717, 1.165) is 83.9 Å². The van der Waals surface area contributed by atoms with Gasteiger partial charge in [-0.1, -0.05) is 0 Å². The van der Waals surface area contributed by atoms with Crippen LogP contribution in [0.1, 0.15) is 54.7 Å². The summed E-state index contributed by atoms with van der Waals surface area (Å²) in [5.41, 5.74) is 10.4. The van der Waals surface area contributed by atoms with Crippen molar-refractivity contribution in [3.63, 3.8) is 0 Å². The molecule has 6 rings (SSSR count). The van der Waals surface area contributed by atoms with Crippen molar-refractivity contribution in [1.29, 1.82) is 0 Å². The predicted molar refractivity (Wildman–Crippen MR) is 161 cm³/mol. The van der Waals surface area contributed by atoms with Gasteiger partial charge in [-0.15, -0.1) is 0 Å². The second-order valence-corrected chi connectivity index (χ2v) is 12.5. The van der Waals surface area contributed by atoms with Gasteiger partial charge in [-0.25, -0.2) is 4.79 Å². The van der Waals surface area contributed by atoms with E-state index in [1.807, 2.05) is 63.4 Å². The minimum atomic E-state index is -0.514. The fourth-order valence-electron chi connectivity index (χ4n) is 5.92. The van der Waals surface area contributed by atoms with Crippen LogP contribution in [-0.2, 0) is 44.3 Å². The monoisotopic (exact) mass is 568 g/mol. The Morgan fingerprint density at radius 1 is 0.857 bits per heavy atom. The van der Waals surface area contributed by atoms with Crippen LogP contribution in [0, 0.1) is 13.8 Å². The Hall–Kier alpha value is -4.05. The van der Waals surface area contributed by atoms with Crippen LogP contribution in [0.4, 0.5) is 4.79 Å². The van der Waals surface area contributed by atoms with E-state index in [-0.39, 0.29) is 6.09 Å². The summed E-state index contributed by atoms with van der Waals surface area (Å²) in [4.78, 5) is 26.5. The van der Waals surface area contributed by atoms with Crippen molar-refractivity contribution in [3.05, 3.63) is 70.8 Å². The lowest BCUT2D eigenvalue weighted by Crippen LogP contribution is -2.40. The maximum atomic E-state index is 12.7. The Morgan fingerprint density at radius 3 is 2.12 bits per heavy atom. The number of rotatable bonds is 5. The normalized spacial score (nSPS) is 15.4. The SMILES string of the molecule is Cc1nn(C)cc1-c1cnc2c(c1)CN(CCn1cc(-c3cnc4c(c3)CN(C(=O)OC(C)(C)C)CC4)c(C)n1)CC2. The number of fused-ring (bicyclic) bond motifs is 2. The molecule has 0 aromatic carbocycles. The van der Waals surface area contributed by atoms with Gasteiger partial charge >= 0.3 is 6.09 Å². The molecular weight excluding hydrogens is 528 g/mol. The van der Waals surface area contributed by atoms with Crippen molar-refractivity contribution in [1.82, 2.24) is 39.3 Å². The molecule has 1 amide bonds. The van der Waals surface area contributed by atoms with Crippen LogP contribution < -0.4 is 0 Å². The number of amides is 1. The molecule has 0 aliphatic carbocycles. The average Bonchev–Trinajstić information content (AvgIpc) is 3.50. The summed E-state index contributed by atoms with van der Waals surface area (Å²) < 4.78 is 9.50. The topological polar surface area (TPSA) is 94.2 Å². The summed E-state index contributed by atoms with van der Waals surface area (Å²) in [5, 5.41) is 9.33. The summed E-state index contributed by atoms with van der Waals surface area (Å²) >= 11 is 0. The number of hydrogen-bond acceptors (Lipinski definition) is 7. The van der Waals surface area contributed by atoms with Gasteiger partial charge in [0.2, 0.25) is 0 Å². The molecule has 0 spiro atoms. The minimum Gasteiger partial charge on any atom is -0.444 e. The summed E-state index contributed by atoms with van der Waals surface area (Å²) in [6, 6.07) is 4.44. The van der Waals surface area contributed by atoms with Crippen LogP contribution >= 0.6 is 0 Å². The Labute approximate surface area is 247 Å². The first-order valence-electron chi connectivity index (χ1n) is 14.7. The number of pyridine rings is 2. The van der Waals surface area contributed by atoms with E-state index in [9.17, 15) is 4.79 Å². The molecule has 0 N–H and O–H groups in total. The Kier molecular flexibility index (Phi) is 7.34. The highest BCUT2D eigenvalue weighted by molar-refractivity contribution is 5.70. The van der Waals surface area contributed by atoms with Crippen LogP contribution in [0.3, 0.4) is 0 Å². The van der Waals surface area contributed by atoms with Crippen molar-refractivity contribution in [2.75, 3.05) is 19.6 Å². The highest BCUT2D eigenvalue weighted by atomic mass is 16.6. The van der Waals surface area contributed by atoms with Gasteiger partial charge in [0.1, 0.15) is 5.60 Å². The number of hydrogen-bond donors (Lipinski definition) is 0. The van der Waals surface area contributed by atoms with Crippen LogP contribution in [0.2, 0.25) is 0 Å². The zero-order chi connectivity index (χ0) is 29.6. The van der Waals surface area contributed by atoms with E-state index in [2.05, 4.69) is 34.5 Å². The van der Waals surface area contributed by atoms with Crippen molar-refractivity contribution >= 4 is 6.09 Å². The zero-order valence-electron chi connectivity index (χ0n) is 25.5. The lowest BCUT2D eigenvalue weighted by atomic mass is 10.0. The van der Waals surface area contributed by atoms with Crippen molar-refractivity contribution in [2.45, 2.75) is 72.7 Å². The first kappa shape index (κ1) is 28.1. The molecule has 2 aliphatic rings. The number of carbonyl (C=O) groups excluding carboxylic acids is 1. The molecule has 0 radical (unpaired) electrons. The van der Waals surface area contributed by atoms with Gasteiger partial charge in [0, 0.05) is 104 Å². The molecule has 0 unspecified atom stereocenters. The number of aryl methyl sites for hydroxylation is 3. The number of ether oxygens (including phenoxy) is 1. The quantitative estimate of drug-likeness (QED) is 0.344. The van der Waals surface area contributed by atoms with Gasteiger partial charge in [0.15, 0.2) is 0 Å². The maximum absolute atomic E-state index is 12.7. The van der Waals surface area contributed by atoms with E-state index in [0.29, 0.717) is 13.1 Å². The standard InChI is InChI=1S/C32H40N8O2/c1-21-27(19-37(6)35-21)23-13-25-17-38(9-7-29(25)33-15-23)11-12-40-20-28(22(2)36-40)24-14-26-18-39(10-8-30(26)34-16-24)31(41)42-32(3,4)5/h13-16,19-20H,7-12,17-18H2,1-6H3. The summed E-state index contributed by atoms with van der Waals surface area (Å²) in [7, 11) is 1.95. The van der Waals surface area contributed by atoms with Crippen LogP contribution in [-0.4, -0.2) is 70.7 Å². The molecule has 10 heteroatoms. The van der Waals surface area contributed by atoms with E-state index < -0.39 is 5.60 Å². The molecule has 0 fully saturated rings. The van der Waals surface area contributed by atoms with Crippen LogP contribution in [0.5, 0.6) is 0 Å². The minimum absolute atomic E-state index is 0.276. The second kappa shape index (κ2) is 11.0. The highest BCUT2D eigenvalue weighted by Crippen LogP contribution is 2.29. The molecule has 10 nitrogen and oxygen atoms in total. The van der Waals surface area contributed by atoms with Gasteiger partial charge in [0.05, 0.1) is 24.5 Å². The maximum Gasteiger partial charge on any atom is 0.410 e. The molecule has 42 heavy (non-hydrogen) atoms. The molecule has 0 saturated heterocycles. The van der Waals surface area contributed by atoms with Crippen molar-refractivity contribution in [3.8, 4) is 22.3 Å². The van der Waals surface area contributed by atoms with E-state index in [1.54, 1.807) is 4.90 Å². The van der Waals surface area contributed by atoms with Crippen LogP contribution in [0.25, 0.3) is 22.3 Å². The summed E-state index contributed by atoms with van der Waals surface area (Å²) in [5.74, 6) is 0. The third-order valence-electron chi connectivity index (χ3n) is 8.04. The van der Waals surface area contributed by atoms with E-state index in [1.165, 1.54) is 11.3 Å². The predicted octanol–water partition coefficient (Wildman–Crippen LogP) is 4.71. The van der Waals surface area contributed by atoms with Crippen LogP contribution in [0.15, 0.2) is 36.9 Å². The Morgan fingerprint density at radius 2 is 1.48 bits per heavy atom.